The third-order valence-corrected chi connectivity index (χ3v) is 2.08. The third kappa shape index (κ3) is 10.5. The molecule has 0 heterocycles. The molecule has 0 aromatic heterocycles. The van der Waals surface area contributed by atoms with Crippen LogP contribution in [0.15, 0.2) is 17.2 Å². The molecule has 0 aliphatic rings. The summed E-state index contributed by atoms with van der Waals surface area (Å²) in [5.74, 6) is 0. The minimum absolute atomic E-state index is 0. The minimum atomic E-state index is 0. The van der Waals surface area contributed by atoms with Crippen molar-refractivity contribution in [3.05, 3.63) is 23.8 Å². The van der Waals surface area contributed by atoms with Crippen molar-refractivity contribution in [1.29, 1.82) is 0 Å². The summed E-state index contributed by atoms with van der Waals surface area (Å²) in [6.45, 7) is 14.0. The van der Waals surface area contributed by atoms with Gasteiger partial charge in [0, 0.05) is 65.4 Å². The molecular formula is C10H14WY2-2. The molecule has 0 aliphatic carbocycles. The summed E-state index contributed by atoms with van der Waals surface area (Å²) in [4.78, 5) is 0. The van der Waals surface area contributed by atoms with E-state index < -0.39 is 0 Å². The topological polar surface area (TPSA) is 0 Å². The summed E-state index contributed by atoms with van der Waals surface area (Å²) in [5.41, 5.74) is 2.22. The van der Waals surface area contributed by atoms with Gasteiger partial charge < -0.3 is 0 Å². The van der Waals surface area contributed by atoms with Crippen LogP contribution in [0.5, 0.6) is 0 Å². The first-order valence-corrected chi connectivity index (χ1v) is 5.04. The van der Waals surface area contributed by atoms with E-state index in [-0.39, 0.29) is 70.8 Å². The van der Waals surface area contributed by atoms with Crippen LogP contribution in [-0.4, -0.2) is 4.40 Å². The van der Waals surface area contributed by atoms with Crippen molar-refractivity contribution >= 4 is 4.40 Å². The van der Waals surface area contributed by atoms with E-state index in [9.17, 15) is 0 Å². The van der Waals surface area contributed by atoms with Gasteiger partial charge in [0.1, 0.15) is 0 Å². The maximum Gasteiger partial charge on any atom is 0 e. The van der Waals surface area contributed by atoms with Crippen molar-refractivity contribution in [1.82, 2.24) is 0 Å². The van der Waals surface area contributed by atoms with Crippen LogP contribution in [0.2, 0.25) is 0 Å². The van der Waals surface area contributed by atoms with Gasteiger partial charge in [-0.05, 0) is 0 Å². The monoisotopic (exact) mass is 496 g/mol. The first-order chi connectivity index (χ1) is 4.88. The quantitative estimate of drug-likeness (QED) is 0.408. The van der Waals surface area contributed by atoms with E-state index in [1.165, 1.54) is 24.9 Å². The molecule has 2 radical (unpaired) electrons. The molecule has 0 spiro atoms. The van der Waals surface area contributed by atoms with Crippen LogP contribution in [0, 0.1) is 12.0 Å². The van der Waals surface area contributed by atoms with Crippen LogP contribution in [0.4, 0.5) is 0 Å². The normalized spacial score (nSPS) is 10.9. The molecule has 0 saturated heterocycles. The van der Waals surface area contributed by atoms with Gasteiger partial charge in [0.15, 0.2) is 0 Å². The summed E-state index contributed by atoms with van der Waals surface area (Å²) in [7, 11) is 0. The van der Waals surface area contributed by atoms with Gasteiger partial charge in [0.05, 0.1) is 0 Å². The van der Waals surface area contributed by atoms with Crippen molar-refractivity contribution in [2.24, 2.45) is 5.41 Å². The smallest absolute Gasteiger partial charge is 0 e. The second-order valence-electron chi connectivity index (χ2n) is 3.65. The standard InChI is InChI=1S/C10H14.W.2Y/c1-8(2)7-9(3)10(4,5)6;;;/h1,7H,2,4-6H3;;;/q-2;;;/b9-7+;;;. The molecule has 0 aromatic rings. The van der Waals surface area contributed by atoms with E-state index in [1.54, 1.807) is 0 Å². The molecule has 0 aromatic carbocycles. The molecule has 0 unspecified atom stereocenters. The molecule has 3 heteroatoms. The maximum atomic E-state index is 5.58. The van der Waals surface area contributed by atoms with Gasteiger partial charge in [-0.3, -0.25) is 0 Å². The Morgan fingerprint density at radius 3 is 1.77 bits per heavy atom. The third-order valence-electron chi connectivity index (χ3n) is 1.29. The van der Waals surface area contributed by atoms with Crippen molar-refractivity contribution in [2.45, 2.75) is 27.7 Å². The van der Waals surface area contributed by atoms with Gasteiger partial charge in [-0.1, -0.05) is 0 Å². The molecule has 0 saturated carbocycles. The zero-order valence-electron chi connectivity index (χ0n) is 8.72. The first kappa shape index (κ1) is 20.6. The van der Waals surface area contributed by atoms with Crippen LogP contribution in [0.1, 0.15) is 27.7 Å². The SMILES string of the molecule is [CH-]=C(C)/C=C(\[C-]=[W])C(C)(C)C.[Y].[Y]. The average Bonchev–Trinajstić information content (AvgIpc) is 1.79. The van der Waals surface area contributed by atoms with Gasteiger partial charge in [-0.2, -0.15) is 0 Å². The molecular weight excluding hydrogens is 482 g/mol. The summed E-state index contributed by atoms with van der Waals surface area (Å²) in [6.07, 6.45) is 1.99. The molecule has 0 amide bonds. The van der Waals surface area contributed by atoms with Crippen LogP contribution in [-0.2, 0) is 84.8 Å². The van der Waals surface area contributed by atoms with E-state index in [2.05, 4.69) is 25.2 Å². The number of allylic oxidation sites excluding steroid dienone is 3. The Bertz CT molecular complexity index is 199. The first-order valence-electron chi connectivity index (χ1n) is 3.57. The molecule has 0 rings (SSSR count). The molecule has 0 fully saturated rings. The number of hydrogen-bond donors (Lipinski definition) is 0. The Kier molecular flexibility index (Phi) is 15.0. The van der Waals surface area contributed by atoms with Gasteiger partial charge in [0.2, 0.25) is 0 Å². The van der Waals surface area contributed by atoms with Crippen LogP contribution in [0.3, 0.4) is 0 Å². The molecule has 13 heavy (non-hydrogen) atoms. The number of rotatable bonds is 2. The van der Waals surface area contributed by atoms with Crippen LogP contribution < -0.4 is 0 Å². The van der Waals surface area contributed by atoms with Gasteiger partial charge in [-0.25, -0.2) is 0 Å². The Morgan fingerprint density at radius 1 is 1.31 bits per heavy atom. The van der Waals surface area contributed by atoms with E-state index >= 15 is 0 Å². The Labute approximate surface area is 144 Å². The molecule has 0 atom stereocenters. The largest absolute Gasteiger partial charge is 0 e. The van der Waals surface area contributed by atoms with E-state index in [0.717, 1.165) is 5.57 Å². The molecule has 0 aliphatic heterocycles. The summed E-state index contributed by atoms with van der Waals surface area (Å²) < 4.78 is 3.22. The van der Waals surface area contributed by atoms with Crippen LogP contribution in [0.25, 0.3) is 0 Å². The Hall–Kier alpha value is 2.25. The Balaban J connectivity index is -0.000000500. The van der Waals surface area contributed by atoms with Crippen molar-refractivity contribution < 1.29 is 84.8 Å². The predicted molar refractivity (Wildman–Crippen MR) is 46.0 cm³/mol. The fraction of sp³-hybridized carbons (Fsp3) is 0.500. The van der Waals surface area contributed by atoms with Crippen molar-refractivity contribution in [2.75, 3.05) is 0 Å². The molecule has 0 nitrogen and oxygen atoms in total. The van der Waals surface area contributed by atoms with E-state index in [1.807, 2.05) is 13.0 Å². The fourth-order valence-electron chi connectivity index (χ4n) is 0.627. The van der Waals surface area contributed by atoms with Gasteiger partial charge in [-0.15, -0.1) is 0 Å². The maximum absolute atomic E-state index is 5.58. The predicted octanol–water partition coefficient (Wildman–Crippen LogP) is 2.56. The van der Waals surface area contributed by atoms with Gasteiger partial charge in [0.25, 0.3) is 0 Å². The average molecular weight is 496 g/mol. The van der Waals surface area contributed by atoms with Crippen molar-refractivity contribution in [3.63, 3.8) is 0 Å². The van der Waals surface area contributed by atoms with E-state index in [0.29, 0.717) is 0 Å². The zero-order valence-corrected chi connectivity index (χ0v) is 17.3. The fourth-order valence-corrected chi connectivity index (χ4v) is 1.94. The summed E-state index contributed by atoms with van der Waals surface area (Å²) in [5, 5.41) is 0. The minimum Gasteiger partial charge on any atom is 0 e. The second-order valence-corrected chi connectivity index (χ2v) is 4.39. The molecule has 0 bridgehead atoms. The molecule has 0 N–H and O–H groups in total. The van der Waals surface area contributed by atoms with E-state index in [4.69, 9.17) is 6.58 Å². The number of hydrogen-bond acceptors (Lipinski definition) is 0. The Morgan fingerprint density at radius 2 is 1.69 bits per heavy atom. The summed E-state index contributed by atoms with van der Waals surface area (Å²) >= 11 is 1.35. The van der Waals surface area contributed by atoms with Crippen molar-refractivity contribution in [3.8, 4) is 0 Å². The van der Waals surface area contributed by atoms with Crippen LogP contribution >= 0.6 is 0 Å². The molecule has 68 valence electrons. The zero-order chi connectivity index (χ0) is 9.07. The van der Waals surface area contributed by atoms with Gasteiger partial charge >= 0.3 is 80.7 Å². The summed E-state index contributed by atoms with van der Waals surface area (Å²) in [6, 6.07) is 0. The second kappa shape index (κ2) is 9.47.